The second-order valence-electron chi connectivity index (χ2n) is 6.67. The molecule has 0 aliphatic rings. The van der Waals surface area contributed by atoms with Crippen LogP contribution in [0.5, 0.6) is 11.5 Å². The second-order valence-corrected chi connectivity index (χ2v) is 6.67. The van der Waals surface area contributed by atoms with E-state index in [2.05, 4.69) is 19.2 Å². The molecule has 29 heavy (non-hydrogen) atoms. The minimum absolute atomic E-state index is 0.0114. The predicted molar refractivity (Wildman–Crippen MR) is 115 cm³/mol. The van der Waals surface area contributed by atoms with Crippen LogP contribution in [0.3, 0.4) is 0 Å². The van der Waals surface area contributed by atoms with Crippen LogP contribution < -0.4 is 14.8 Å². The summed E-state index contributed by atoms with van der Waals surface area (Å²) in [6, 6.07) is 13.3. The van der Waals surface area contributed by atoms with E-state index in [1.54, 1.807) is 19.2 Å². The van der Waals surface area contributed by atoms with E-state index in [1.165, 1.54) is 11.8 Å². The number of aryl methyl sites for hydroxylation is 2. The molecule has 0 unspecified atom stereocenters. The average Bonchev–Trinajstić information content (AvgIpc) is 2.73. The van der Waals surface area contributed by atoms with E-state index in [4.69, 9.17) is 9.47 Å². The molecule has 2 amide bonds. The Morgan fingerprint density at radius 1 is 0.966 bits per heavy atom. The lowest BCUT2D eigenvalue weighted by Gasteiger charge is -2.22. The fourth-order valence-corrected chi connectivity index (χ4v) is 3.05. The molecule has 0 atom stereocenters. The van der Waals surface area contributed by atoms with Crippen molar-refractivity contribution in [1.82, 2.24) is 4.90 Å². The van der Waals surface area contributed by atoms with Crippen molar-refractivity contribution in [3.8, 4) is 11.5 Å². The van der Waals surface area contributed by atoms with Gasteiger partial charge in [-0.2, -0.15) is 0 Å². The molecule has 0 heterocycles. The van der Waals surface area contributed by atoms with Crippen molar-refractivity contribution < 1.29 is 19.1 Å². The Morgan fingerprint density at radius 2 is 1.55 bits per heavy atom. The number of para-hydroxylation sites is 1. The van der Waals surface area contributed by atoms with Gasteiger partial charge in [0.25, 0.3) is 0 Å². The highest BCUT2D eigenvalue weighted by Gasteiger charge is 2.16. The summed E-state index contributed by atoms with van der Waals surface area (Å²) in [5.74, 6) is 1.06. The number of carbonyl (C=O) groups excluding carboxylic acids is 2. The lowest BCUT2D eigenvalue weighted by Crippen LogP contribution is -2.39. The third-order valence-electron chi connectivity index (χ3n) is 4.73. The lowest BCUT2D eigenvalue weighted by atomic mass is 10.0. The van der Waals surface area contributed by atoms with Crippen molar-refractivity contribution in [2.45, 2.75) is 33.6 Å². The third kappa shape index (κ3) is 6.52. The highest BCUT2D eigenvalue weighted by molar-refractivity contribution is 5.95. The molecule has 0 radical (unpaired) electrons. The predicted octanol–water partition coefficient (Wildman–Crippen LogP) is 3.69. The first kappa shape index (κ1) is 22.3. The number of methoxy groups -OCH3 is 1. The molecule has 6 nitrogen and oxygen atoms in total. The van der Waals surface area contributed by atoms with Gasteiger partial charge in [0.2, 0.25) is 11.8 Å². The van der Waals surface area contributed by atoms with Crippen molar-refractivity contribution in [1.29, 1.82) is 0 Å². The van der Waals surface area contributed by atoms with Crippen molar-refractivity contribution in [2.75, 3.05) is 32.1 Å². The Hall–Kier alpha value is -3.02. The van der Waals surface area contributed by atoms with Crippen LogP contribution in [-0.2, 0) is 22.4 Å². The van der Waals surface area contributed by atoms with Crippen LogP contribution in [0, 0.1) is 0 Å². The van der Waals surface area contributed by atoms with Gasteiger partial charge in [0, 0.05) is 12.6 Å². The molecule has 6 heteroatoms. The Morgan fingerprint density at radius 3 is 2.07 bits per heavy atom. The SMILES string of the molecule is CCc1cccc(CC)c1NC(=O)CN(CCOc1ccc(OC)cc1)C(C)=O. The first-order chi connectivity index (χ1) is 14.0. The molecule has 0 aromatic heterocycles. The molecule has 2 aromatic carbocycles. The van der Waals surface area contributed by atoms with Crippen molar-refractivity contribution in [3.63, 3.8) is 0 Å². The molecule has 2 rings (SSSR count). The molecular formula is C23H30N2O4. The number of hydrogen-bond acceptors (Lipinski definition) is 4. The summed E-state index contributed by atoms with van der Waals surface area (Å²) >= 11 is 0. The zero-order chi connectivity index (χ0) is 21.2. The molecule has 0 fully saturated rings. The number of carbonyl (C=O) groups is 2. The molecule has 0 spiro atoms. The Kier molecular flexibility index (Phi) is 8.52. The molecular weight excluding hydrogens is 368 g/mol. The first-order valence-electron chi connectivity index (χ1n) is 9.91. The summed E-state index contributed by atoms with van der Waals surface area (Å²) in [6.07, 6.45) is 1.66. The van der Waals surface area contributed by atoms with Gasteiger partial charge < -0.3 is 19.7 Å². The van der Waals surface area contributed by atoms with Gasteiger partial charge in [-0.1, -0.05) is 32.0 Å². The van der Waals surface area contributed by atoms with E-state index >= 15 is 0 Å². The second kappa shape index (κ2) is 11.1. The number of nitrogens with zero attached hydrogens (tertiary/aromatic N) is 1. The Bertz CT molecular complexity index is 796. The molecule has 0 saturated heterocycles. The maximum absolute atomic E-state index is 12.6. The van der Waals surface area contributed by atoms with Crippen molar-refractivity contribution in [2.24, 2.45) is 0 Å². The van der Waals surface area contributed by atoms with E-state index in [1.807, 2.05) is 30.3 Å². The van der Waals surface area contributed by atoms with E-state index in [9.17, 15) is 9.59 Å². The fraction of sp³-hybridized carbons (Fsp3) is 0.391. The Labute approximate surface area is 172 Å². The van der Waals surface area contributed by atoms with E-state index < -0.39 is 0 Å². The Balaban J connectivity index is 1.94. The van der Waals surface area contributed by atoms with Crippen molar-refractivity contribution >= 4 is 17.5 Å². The van der Waals surface area contributed by atoms with Crippen LogP contribution in [-0.4, -0.2) is 43.5 Å². The van der Waals surface area contributed by atoms with Gasteiger partial charge in [-0.25, -0.2) is 0 Å². The van der Waals surface area contributed by atoms with Gasteiger partial charge >= 0.3 is 0 Å². The third-order valence-corrected chi connectivity index (χ3v) is 4.73. The fourth-order valence-electron chi connectivity index (χ4n) is 3.05. The number of amides is 2. The number of rotatable bonds is 10. The molecule has 0 aliphatic carbocycles. The number of benzene rings is 2. The maximum Gasteiger partial charge on any atom is 0.244 e. The van der Waals surface area contributed by atoms with Crippen LogP contribution in [0.4, 0.5) is 5.69 Å². The van der Waals surface area contributed by atoms with Gasteiger partial charge in [0.15, 0.2) is 0 Å². The summed E-state index contributed by atoms with van der Waals surface area (Å²) in [6.45, 7) is 6.18. The van der Waals surface area contributed by atoms with Crippen LogP contribution in [0.25, 0.3) is 0 Å². The standard InChI is InChI=1S/C23H30N2O4/c1-5-18-8-7-9-19(6-2)23(18)24-22(27)16-25(17(3)26)14-15-29-21-12-10-20(28-4)11-13-21/h7-13H,5-6,14-16H2,1-4H3,(H,24,27). The molecule has 1 N–H and O–H groups in total. The number of ether oxygens (including phenoxy) is 2. The first-order valence-corrected chi connectivity index (χ1v) is 9.91. The molecule has 0 saturated carbocycles. The van der Waals surface area contributed by atoms with E-state index in [0.29, 0.717) is 18.9 Å². The minimum Gasteiger partial charge on any atom is -0.497 e. The smallest absolute Gasteiger partial charge is 0.244 e. The van der Waals surface area contributed by atoms with Crippen LogP contribution >= 0.6 is 0 Å². The normalized spacial score (nSPS) is 10.3. The zero-order valence-electron chi connectivity index (χ0n) is 17.7. The largest absolute Gasteiger partial charge is 0.497 e. The molecule has 0 bridgehead atoms. The quantitative estimate of drug-likeness (QED) is 0.663. The van der Waals surface area contributed by atoms with E-state index in [-0.39, 0.29) is 18.4 Å². The van der Waals surface area contributed by atoms with Gasteiger partial charge in [0.1, 0.15) is 18.1 Å². The number of hydrogen-bond donors (Lipinski definition) is 1. The molecule has 0 aliphatic heterocycles. The molecule has 156 valence electrons. The minimum atomic E-state index is -0.208. The lowest BCUT2D eigenvalue weighted by molar-refractivity contribution is -0.133. The summed E-state index contributed by atoms with van der Waals surface area (Å²) in [4.78, 5) is 26.1. The maximum atomic E-state index is 12.6. The highest BCUT2D eigenvalue weighted by Crippen LogP contribution is 2.22. The summed E-state index contributed by atoms with van der Waals surface area (Å²) < 4.78 is 10.8. The van der Waals surface area contributed by atoms with Gasteiger partial charge in [0.05, 0.1) is 20.2 Å². The number of anilines is 1. The van der Waals surface area contributed by atoms with Crippen LogP contribution in [0.1, 0.15) is 31.9 Å². The molecule has 2 aromatic rings. The van der Waals surface area contributed by atoms with E-state index in [0.717, 1.165) is 35.4 Å². The summed E-state index contributed by atoms with van der Waals surface area (Å²) in [7, 11) is 1.61. The number of nitrogens with one attached hydrogen (secondary N) is 1. The van der Waals surface area contributed by atoms with Gasteiger partial charge in [-0.3, -0.25) is 9.59 Å². The van der Waals surface area contributed by atoms with Crippen LogP contribution in [0.15, 0.2) is 42.5 Å². The highest BCUT2D eigenvalue weighted by atomic mass is 16.5. The summed E-state index contributed by atoms with van der Waals surface area (Å²) in [5, 5.41) is 3.00. The monoisotopic (exact) mass is 398 g/mol. The van der Waals surface area contributed by atoms with Crippen molar-refractivity contribution in [3.05, 3.63) is 53.6 Å². The zero-order valence-corrected chi connectivity index (χ0v) is 17.7. The van der Waals surface area contributed by atoms with Gasteiger partial charge in [-0.15, -0.1) is 0 Å². The average molecular weight is 399 g/mol. The van der Waals surface area contributed by atoms with Gasteiger partial charge in [-0.05, 0) is 48.2 Å². The van der Waals surface area contributed by atoms with Crippen LogP contribution in [0.2, 0.25) is 0 Å². The topological polar surface area (TPSA) is 67.9 Å². The summed E-state index contributed by atoms with van der Waals surface area (Å²) in [5.41, 5.74) is 3.05.